The van der Waals surface area contributed by atoms with Crippen LogP contribution in [-0.2, 0) is 16.2 Å². The maximum absolute atomic E-state index is 13.1. The summed E-state index contributed by atoms with van der Waals surface area (Å²) in [7, 11) is 0. The highest BCUT2D eigenvalue weighted by molar-refractivity contribution is 6.39. The Morgan fingerprint density at radius 2 is 1.69 bits per heavy atom. The molecule has 1 heterocycles. The fourth-order valence-electron chi connectivity index (χ4n) is 3.41. The number of benzene rings is 3. The number of nitrogens with zero attached hydrogens (tertiary/aromatic N) is 1. The average molecular weight is 511 g/mol. The van der Waals surface area contributed by atoms with Crippen molar-refractivity contribution in [3.63, 3.8) is 0 Å². The minimum Gasteiger partial charge on any atom is -0.494 e. The highest BCUT2D eigenvalue weighted by Gasteiger charge is 2.36. The van der Waals surface area contributed by atoms with Gasteiger partial charge in [-0.15, -0.1) is 0 Å². The van der Waals surface area contributed by atoms with Crippen molar-refractivity contribution in [2.45, 2.75) is 13.5 Å². The molecule has 9 heteroatoms. The van der Waals surface area contributed by atoms with E-state index >= 15 is 0 Å². The number of ether oxygens (including phenoxy) is 2. The number of imide groups is 2. The number of carbonyl (C=O) groups is 3. The molecule has 178 valence electrons. The van der Waals surface area contributed by atoms with Crippen molar-refractivity contribution in [2.75, 3.05) is 11.5 Å². The van der Waals surface area contributed by atoms with Crippen molar-refractivity contribution in [1.29, 1.82) is 0 Å². The van der Waals surface area contributed by atoms with Gasteiger partial charge in [0.15, 0.2) is 0 Å². The average Bonchev–Trinajstić information content (AvgIpc) is 2.83. The number of nitrogens with one attached hydrogen (secondary N) is 1. The van der Waals surface area contributed by atoms with Crippen LogP contribution in [0.5, 0.6) is 11.5 Å². The number of carbonyl (C=O) groups excluding carboxylic acids is 3. The van der Waals surface area contributed by atoms with E-state index in [1.807, 2.05) is 6.92 Å². The maximum Gasteiger partial charge on any atom is 0.335 e. The largest absolute Gasteiger partial charge is 0.494 e. The first-order valence-electron chi connectivity index (χ1n) is 10.7. The van der Waals surface area contributed by atoms with Gasteiger partial charge in [-0.1, -0.05) is 41.4 Å². The van der Waals surface area contributed by atoms with Gasteiger partial charge in [-0.25, -0.2) is 9.69 Å². The van der Waals surface area contributed by atoms with Gasteiger partial charge in [-0.2, -0.15) is 0 Å². The number of hydrogen-bond donors (Lipinski definition) is 1. The molecule has 4 rings (SSSR count). The van der Waals surface area contributed by atoms with E-state index in [0.29, 0.717) is 39.4 Å². The van der Waals surface area contributed by atoms with Gasteiger partial charge in [0.1, 0.15) is 23.7 Å². The zero-order valence-electron chi connectivity index (χ0n) is 18.6. The van der Waals surface area contributed by atoms with Gasteiger partial charge >= 0.3 is 6.03 Å². The molecular weight excluding hydrogens is 491 g/mol. The summed E-state index contributed by atoms with van der Waals surface area (Å²) in [6.07, 6.45) is 1.41. The van der Waals surface area contributed by atoms with E-state index in [2.05, 4.69) is 5.32 Å². The van der Waals surface area contributed by atoms with Crippen molar-refractivity contribution < 1.29 is 23.9 Å². The number of barbiturate groups is 1. The molecule has 35 heavy (non-hydrogen) atoms. The summed E-state index contributed by atoms with van der Waals surface area (Å²) in [5, 5.41) is 3.23. The van der Waals surface area contributed by atoms with E-state index in [1.165, 1.54) is 6.08 Å². The quantitative estimate of drug-likeness (QED) is 0.328. The second kappa shape index (κ2) is 10.6. The Labute approximate surface area is 211 Å². The number of rotatable bonds is 7. The standard InChI is InChI=1S/C26H20Cl2N2O5/c1-2-34-20-10-8-19(9-11-20)30-25(32)22(24(31)29-26(30)33)13-16-4-3-5-21(12-16)35-15-17-6-7-18(27)14-23(17)28/h3-14H,2,15H2,1H3,(H,29,31,33)/b22-13-. The zero-order chi connectivity index (χ0) is 24.9. The topological polar surface area (TPSA) is 84.9 Å². The summed E-state index contributed by atoms with van der Waals surface area (Å²) in [4.78, 5) is 38.9. The highest BCUT2D eigenvalue weighted by atomic mass is 35.5. The van der Waals surface area contributed by atoms with Crippen LogP contribution >= 0.6 is 23.2 Å². The predicted octanol–water partition coefficient (Wildman–Crippen LogP) is 5.64. The first kappa shape index (κ1) is 24.3. The van der Waals surface area contributed by atoms with E-state index in [9.17, 15) is 14.4 Å². The molecule has 1 aliphatic heterocycles. The molecule has 3 aromatic rings. The molecule has 1 N–H and O–H groups in total. The van der Waals surface area contributed by atoms with Gasteiger partial charge in [0.2, 0.25) is 0 Å². The summed E-state index contributed by atoms with van der Waals surface area (Å²) in [6.45, 7) is 2.54. The Bertz CT molecular complexity index is 1320. The summed E-state index contributed by atoms with van der Waals surface area (Å²) < 4.78 is 11.2. The van der Waals surface area contributed by atoms with Crippen LogP contribution in [0.1, 0.15) is 18.1 Å². The molecule has 0 atom stereocenters. The minimum atomic E-state index is -0.821. The van der Waals surface area contributed by atoms with E-state index in [1.54, 1.807) is 66.7 Å². The van der Waals surface area contributed by atoms with Crippen LogP contribution < -0.4 is 19.7 Å². The summed E-state index contributed by atoms with van der Waals surface area (Å²) in [5.74, 6) is -0.401. The van der Waals surface area contributed by atoms with Crippen LogP contribution in [0.3, 0.4) is 0 Å². The van der Waals surface area contributed by atoms with E-state index in [-0.39, 0.29) is 12.2 Å². The van der Waals surface area contributed by atoms with Crippen LogP contribution in [0.2, 0.25) is 10.0 Å². The van der Waals surface area contributed by atoms with Gasteiger partial charge in [-0.05, 0) is 67.1 Å². The molecule has 7 nitrogen and oxygen atoms in total. The number of urea groups is 1. The molecule has 0 bridgehead atoms. The monoisotopic (exact) mass is 510 g/mol. The molecule has 1 aliphatic rings. The van der Waals surface area contributed by atoms with Crippen molar-refractivity contribution in [3.05, 3.63) is 93.5 Å². The normalized spacial score (nSPS) is 14.8. The third kappa shape index (κ3) is 5.65. The third-order valence-electron chi connectivity index (χ3n) is 5.09. The first-order chi connectivity index (χ1) is 16.9. The van der Waals surface area contributed by atoms with Crippen LogP contribution in [0, 0.1) is 0 Å². The highest BCUT2D eigenvalue weighted by Crippen LogP contribution is 2.26. The fraction of sp³-hybridized carbons (Fsp3) is 0.115. The Balaban J connectivity index is 1.55. The van der Waals surface area contributed by atoms with Crippen LogP contribution in [-0.4, -0.2) is 24.5 Å². The lowest BCUT2D eigenvalue weighted by Crippen LogP contribution is -2.54. The molecule has 0 aliphatic carbocycles. The Kier molecular flexibility index (Phi) is 7.39. The van der Waals surface area contributed by atoms with Crippen molar-refractivity contribution >= 4 is 52.8 Å². The van der Waals surface area contributed by atoms with Crippen LogP contribution in [0.15, 0.2) is 72.3 Å². The molecular formula is C26H20Cl2N2O5. The lowest BCUT2D eigenvalue weighted by Gasteiger charge is -2.26. The Hall–Kier alpha value is -3.81. The molecule has 0 radical (unpaired) electrons. The second-order valence-corrected chi connectivity index (χ2v) is 8.33. The van der Waals surface area contributed by atoms with Crippen molar-refractivity contribution in [3.8, 4) is 11.5 Å². The number of hydrogen-bond acceptors (Lipinski definition) is 5. The van der Waals surface area contributed by atoms with Gasteiger partial charge in [-0.3, -0.25) is 14.9 Å². The SMILES string of the molecule is CCOc1ccc(N2C(=O)NC(=O)/C(=C/c3cccc(OCc4ccc(Cl)cc4Cl)c3)C2=O)cc1. The van der Waals surface area contributed by atoms with Crippen molar-refractivity contribution in [2.24, 2.45) is 0 Å². The second-order valence-electron chi connectivity index (χ2n) is 7.48. The Morgan fingerprint density at radius 1 is 0.914 bits per heavy atom. The summed E-state index contributed by atoms with van der Waals surface area (Å²) in [5.41, 5.74) is 1.43. The summed E-state index contributed by atoms with van der Waals surface area (Å²) >= 11 is 12.1. The molecule has 4 amide bonds. The molecule has 1 fully saturated rings. The number of amides is 4. The minimum absolute atomic E-state index is 0.184. The predicted molar refractivity (Wildman–Crippen MR) is 134 cm³/mol. The van der Waals surface area contributed by atoms with Gasteiger partial charge in [0.25, 0.3) is 11.8 Å². The first-order valence-corrected chi connectivity index (χ1v) is 11.4. The van der Waals surface area contributed by atoms with Gasteiger partial charge in [0, 0.05) is 15.6 Å². The van der Waals surface area contributed by atoms with Gasteiger partial charge in [0.05, 0.1) is 12.3 Å². The van der Waals surface area contributed by atoms with E-state index < -0.39 is 17.8 Å². The van der Waals surface area contributed by atoms with Crippen molar-refractivity contribution in [1.82, 2.24) is 5.32 Å². The smallest absolute Gasteiger partial charge is 0.335 e. The van der Waals surface area contributed by atoms with Crippen LogP contribution in [0.4, 0.5) is 10.5 Å². The third-order valence-corrected chi connectivity index (χ3v) is 5.67. The molecule has 0 unspecified atom stereocenters. The Morgan fingerprint density at radius 3 is 2.40 bits per heavy atom. The fourth-order valence-corrected chi connectivity index (χ4v) is 3.87. The molecule has 0 saturated carbocycles. The lowest BCUT2D eigenvalue weighted by atomic mass is 10.1. The molecule has 0 aromatic heterocycles. The van der Waals surface area contributed by atoms with E-state index in [0.717, 1.165) is 10.5 Å². The lowest BCUT2D eigenvalue weighted by molar-refractivity contribution is -0.122. The molecule has 0 spiro atoms. The van der Waals surface area contributed by atoms with Gasteiger partial charge < -0.3 is 9.47 Å². The number of halogens is 2. The number of anilines is 1. The summed E-state index contributed by atoms with van der Waals surface area (Å²) in [6, 6.07) is 17.6. The molecule has 1 saturated heterocycles. The van der Waals surface area contributed by atoms with Crippen LogP contribution in [0.25, 0.3) is 6.08 Å². The maximum atomic E-state index is 13.1. The zero-order valence-corrected chi connectivity index (χ0v) is 20.1. The molecule has 3 aromatic carbocycles. The van der Waals surface area contributed by atoms with E-state index in [4.69, 9.17) is 32.7 Å².